The molecule has 2 aliphatic heterocycles. The Kier molecular flexibility index (Phi) is 6.47. The third-order valence-corrected chi connectivity index (χ3v) is 4.76. The predicted molar refractivity (Wildman–Crippen MR) is 91.4 cm³/mol. The molecule has 0 amide bonds. The largest absolute Gasteiger partial charge is 0.374 e. The lowest BCUT2D eigenvalue weighted by Crippen LogP contribution is -2.51. The molecular formula is C16H33N5O. The molecule has 2 saturated heterocycles. The van der Waals surface area contributed by atoms with Crippen molar-refractivity contribution >= 4 is 5.96 Å². The Balaban J connectivity index is 1.77. The minimum Gasteiger partial charge on any atom is -0.374 e. The Morgan fingerprint density at radius 1 is 1.32 bits per heavy atom. The highest BCUT2D eigenvalue weighted by molar-refractivity contribution is 5.80. The van der Waals surface area contributed by atoms with Gasteiger partial charge in [0.05, 0.1) is 12.7 Å². The molecule has 0 spiro atoms. The van der Waals surface area contributed by atoms with Crippen molar-refractivity contribution in [2.75, 3.05) is 53.4 Å². The number of likely N-dealkylation sites (N-methyl/N-ethyl adjacent to an activating group) is 1. The second-order valence-electron chi connectivity index (χ2n) is 6.98. The standard InChI is InChI=1S/C16H33N5O/c1-12(2)21-9-13(3)15(11-21)19-16(17-4)18-8-14-10-20(5)6-7-22-14/h12-15H,6-11H2,1-5H3,(H2,17,18,19). The summed E-state index contributed by atoms with van der Waals surface area (Å²) < 4.78 is 5.79. The van der Waals surface area contributed by atoms with Gasteiger partial charge in [-0.2, -0.15) is 0 Å². The van der Waals surface area contributed by atoms with E-state index in [2.05, 4.69) is 53.2 Å². The van der Waals surface area contributed by atoms with Crippen LogP contribution in [0.4, 0.5) is 0 Å². The highest BCUT2D eigenvalue weighted by atomic mass is 16.5. The van der Waals surface area contributed by atoms with Gasteiger partial charge in [-0.25, -0.2) is 0 Å². The summed E-state index contributed by atoms with van der Waals surface area (Å²) in [5.74, 6) is 1.53. The molecule has 6 heteroatoms. The van der Waals surface area contributed by atoms with Gasteiger partial charge in [-0.05, 0) is 26.8 Å². The van der Waals surface area contributed by atoms with Crippen LogP contribution in [0.25, 0.3) is 0 Å². The van der Waals surface area contributed by atoms with Crippen LogP contribution in [0.1, 0.15) is 20.8 Å². The number of aliphatic imine (C=N–C) groups is 1. The van der Waals surface area contributed by atoms with Gasteiger partial charge >= 0.3 is 0 Å². The number of rotatable bonds is 4. The first kappa shape index (κ1) is 17.5. The maximum Gasteiger partial charge on any atom is 0.191 e. The Morgan fingerprint density at radius 2 is 2.09 bits per heavy atom. The lowest BCUT2D eigenvalue weighted by Gasteiger charge is -2.31. The van der Waals surface area contributed by atoms with Crippen LogP contribution in [0.3, 0.4) is 0 Å². The van der Waals surface area contributed by atoms with Crippen LogP contribution in [-0.4, -0.2) is 87.4 Å². The first-order chi connectivity index (χ1) is 10.5. The van der Waals surface area contributed by atoms with Gasteiger partial charge < -0.3 is 20.3 Å². The molecule has 2 heterocycles. The summed E-state index contributed by atoms with van der Waals surface area (Å²) in [5, 5.41) is 7.00. The summed E-state index contributed by atoms with van der Waals surface area (Å²) in [7, 11) is 3.98. The van der Waals surface area contributed by atoms with E-state index in [1.54, 1.807) is 0 Å². The van der Waals surface area contributed by atoms with Crippen LogP contribution < -0.4 is 10.6 Å². The normalized spacial score (nSPS) is 31.7. The fourth-order valence-corrected chi connectivity index (χ4v) is 3.18. The van der Waals surface area contributed by atoms with Crippen LogP contribution in [0, 0.1) is 5.92 Å². The van der Waals surface area contributed by atoms with Crippen molar-refractivity contribution in [2.45, 2.75) is 39.0 Å². The summed E-state index contributed by atoms with van der Waals surface area (Å²) in [6, 6.07) is 1.07. The maximum absolute atomic E-state index is 5.79. The van der Waals surface area contributed by atoms with Crippen LogP contribution >= 0.6 is 0 Å². The van der Waals surface area contributed by atoms with Crippen molar-refractivity contribution in [1.29, 1.82) is 0 Å². The van der Waals surface area contributed by atoms with Crippen molar-refractivity contribution in [2.24, 2.45) is 10.9 Å². The zero-order chi connectivity index (χ0) is 16.1. The van der Waals surface area contributed by atoms with E-state index in [9.17, 15) is 0 Å². The Labute approximate surface area is 135 Å². The van der Waals surface area contributed by atoms with Gasteiger partial charge in [0.15, 0.2) is 5.96 Å². The van der Waals surface area contributed by atoms with Gasteiger partial charge in [0.1, 0.15) is 0 Å². The van der Waals surface area contributed by atoms with Crippen molar-refractivity contribution in [1.82, 2.24) is 20.4 Å². The lowest BCUT2D eigenvalue weighted by molar-refractivity contribution is -0.0161. The topological polar surface area (TPSA) is 52.1 Å². The zero-order valence-electron chi connectivity index (χ0n) is 14.8. The Morgan fingerprint density at radius 3 is 2.68 bits per heavy atom. The number of hydrogen-bond acceptors (Lipinski definition) is 4. The van der Waals surface area contributed by atoms with Crippen molar-refractivity contribution in [3.8, 4) is 0 Å². The van der Waals surface area contributed by atoms with E-state index in [-0.39, 0.29) is 6.10 Å². The average molecular weight is 311 g/mol. The molecule has 2 N–H and O–H groups in total. The molecule has 0 aromatic carbocycles. The van der Waals surface area contributed by atoms with E-state index in [4.69, 9.17) is 4.74 Å². The molecule has 3 atom stereocenters. The van der Waals surface area contributed by atoms with Crippen LogP contribution in [-0.2, 0) is 4.74 Å². The third kappa shape index (κ3) is 4.83. The van der Waals surface area contributed by atoms with Crippen LogP contribution in [0.15, 0.2) is 4.99 Å². The van der Waals surface area contributed by atoms with E-state index in [0.717, 1.165) is 45.3 Å². The van der Waals surface area contributed by atoms with E-state index in [0.29, 0.717) is 18.0 Å². The minimum absolute atomic E-state index is 0.241. The average Bonchev–Trinajstić information content (AvgIpc) is 2.85. The lowest BCUT2D eigenvalue weighted by atomic mass is 10.1. The molecule has 3 unspecified atom stereocenters. The molecule has 22 heavy (non-hydrogen) atoms. The highest BCUT2D eigenvalue weighted by Crippen LogP contribution is 2.18. The molecule has 2 fully saturated rings. The van der Waals surface area contributed by atoms with E-state index >= 15 is 0 Å². The van der Waals surface area contributed by atoms with Crippen LogP contribution in [0.5, 0.6) is 0 Å². The molecule has 0 aromatic rings. The maximum atomic E-state index is 5.79. The number of likely N-dealkylation sites (tertiary alicyclic amines) is 1. The van der Waals surface area contributed by atoms with Crippen molar-refractivity contribution in [3.63, 3.8) is 0 Å². The number of morpholine rings is 1. The fourth-order valence-electron chi connectivity index (χ4n) is 3.18. The van der Waals surface area contributed by atoms with Crippen LogP contribution in [0.2, 0.25) is 0 Å². The third-order valence-electron chi connectivity index (χ3n) is 4.76. The minimum atomic E-state index is 0.241. The summed E-state index contributed by atoms with van der Waals surface area (Å²) in [5.41, 5.74) is 0. The van der Waals surface area contributed by atoms with Gasteiger partial charge in [-0.1, -0.05) is 6.92 Å². The highest BCUT2D eigenvalue weighted by Gasteiger charge is 2.31. The van der Waals surface area contributed by atoms with Gasteiger partial charge in [0.2, 0.25) is 0 Å². The molecule has 0 radical (unpaired) electrons. The second-order valence-corrected chi connectivity index (χ2v) is 6.98. The van der Waals surface area contributed by atoms with Gasteiger partial charge in [0, 0.05) is 51.9 Å². The number of guanidine groups is 1. The summed E-state index contributed by atoms with van der Waals surface area (Å²) >= 11 is 0. The molecule has 6 nitrogen and oxygen atoms in total. The summed E-state index contributed by atoms with van der Waals surface area (Å²) in [6.07, 6.45) is 0.241. The Bertz CT molecular complexity index is 374. The van der Waals surface area contributed by atoms with Crippen molar-refractivity contribution in [3.05, 3.63) is 0 Å². The monoisotopic (exact) mass is 311 g/mol. The van der Waals surface area contributed by atoms with Gasteiger partial charge in [-0.15, -0.1) is 0 Å². The predicted octanol–water partition coefficient (Wildman–Crippen LogP) is 0.211. The quantitative estimate of drug-likeness (QED) is 0.574. The first-order valence-corrected chi connectivity index (χ1v) is 8.51. The second kappa shape index (κ2) is 8.13. The molecule has 0 bridgehead atoms. The molecule has 0 aliphatic carbocycles. The number of ether oxygens (including phenoxy) is 1. The number of nitrogens with one attached hydrogen (secondary N) is 2. The first-order valence-electron chi connectivity index (χ1n) is 8.51. The summed E-state index contributed by atoms with van der Waals surface area (Å²) in [4.78, 5) is 9.20. The number of hydrogen-bond donors (Lipinski definition) is 2. The summed E-state index contributed by atoms with van der Waals surface area (Å²) in [6.45, 7) is 12.7. The van der Waals surface area contributed by atoms with Gasteiger partial charge in [0.25, 0.3) is 0 Å². The molecule has 0 aromatic heterocycles. The fraction of sp³-hybridized carbons (Fsp3) is 0.938. The van der Waals surface area contributed by atoms with Gasteiger partial charge in [-0.3, -0.25) is 9.89 Å². The number of nitrogens with zero attached hydrogens (tertiary/aromatic N) is 3. The SMILES string of the molecule is CN=C(NCC1CN(C)CCO1)NC1CN(C(C)C)CC1C. The van der Waals surface area contributed by atoms with Crippen molar-refractivity contribution < 1.29 is 4.74 Å². The zero-order valence-corrected chi connectivity index (χ0v) is 14.8. The molecular weight excluding hydrogens is 278 g/mol. The van der Waals surface area contributed by atoms with E-state index < -0.39 is 0 Å². The molecule has 2 rings (SSSR count). The molecule has 2 aliphatic rings. The molecule has 128 valence electrons. The molecule has 0 saturated carbocycles. The van der Waals surface area contributed by atoms with E-state index in [1.165, 1.54) is 0 Å². The smallest absolute Gasteiger partial charge is 0.191 e. The Hall–Kier alpha value is -0.850. The van der Waals surface area contributed by atoms with E-state index in [1.807, 2.05) is 7.05 Å².